The Morgan fingerprint density at radius 2 is 2.00 bits per heavy atom. The van der Waals surface area contributed by atoms with Gasteiger partial charge in [0.2, 0.25) is 11.9 Å². The van der Waals surface area contributed by atoms with Gasteiger partial charge in [-0.1, -0.05) is 39.0 Å². The van der Waals surface area contributed by atoms with Crippen molar-refractivity contribution in [2.24, 2.45) is 5.92 Å². The first-order chi connectivity index (χ1) is 11.0. The minimum atomic E-state index is -0.310. The number of carbonyl (C=O) groups is 1. The molecule has 2 rings (SSSR count). The third kappa shape index (κ3) is 4.64. The average molecular weight is 315 g/mol. The number of hydrogen-bond donors (Lipinski definition) is 2. The Balaban J connectivity index is 2.15. The van der Waals surface area contributed by atoms with Gasteiger partial charge in [-0.15, -0.1) is 0 Å². The van der Waals surface area contributed by atoms with Crippen LogP contribution in [0.25, 0.3) is 0 Å². The normalized spacial score (nSPS) is 10.6. The summed E-state index contributed by atoms with van der Waals surface area (Å²) in [7, 11) is 0. The lowest BCUT2D eigenvalue weighted by Crippen LogP contribution is -2.14. The Hall–Kier alpha value is -2.70. The number of hydrogen-bond acceptors (Lipinski definition) is 7. The highest BCUT2D eigenvalue weighted by Crippen LogP contribution is 2.19. The smallest absolute Gasteiger partial charge is 0.308 e. The fourth-order valence-corrected chi connectivity index (χ4v) is 1.93. The van der Waals surface area contributed by atoms with E-state index in [9.17, 15) is 4.79 Å². The van der Waals surface area contributed by atoms with E-state index in [0.717, 1.165) is 17.7 Å². The summed E-state index contributed by atoms with van der Waals surface area (Å²) in [4.78, 5) is 23.8. The second-order valence-corrected chi connectivity index (χ2v) is 5.33. The van der Waals surface area contributed by atoms with Crippen LogP contribution in [-0.4, -0.2) is 20.9 Å². The predicted octanol–water partition coefficient (Wildman–Crippen LogP) is 2.46. The summed E-state index contributed by atoms with van der Waals surface area (Å²) in [6, 6.07) is 7.87. The van der Waals surface area contributed by atoms with Crippen LogP contribution in [0.5, 0.6) is 0 Å². The van der Waals surface area contributed by atoms with Gasteiger partial charge in [0.05, 0.1) is 5.92 Å². The van der Waals surface area contributed by atoms with E-state index in [2.05, 4.69) is 27.2 Å². The Labute approximate surface area is 135 Å². The second-order valence-electron chi connectivity index (χ2n) is 5.33. The summed E-state index contributed by atoms with van der Waals surface area (Å²) in [5.74, 6) is 0.196. The zero-order chi connectivity index (χ0) is 16.8. The fourth-order valence-electron chi connectivity index (χ4n) is 1.93. The number of rotatable bonds is 6. The Morgan fingerprint density at radius 1 is 1.26 bits per heavy atom. The van der Waals surface area contributed by atoms with Gasteiger partial charge in [0, 0.05) is 5.69 Å². The Kier molecular flexibility index (Phi) is 5.46. The highest BCUT2D eigenvalue weighted by molar-refractivity contribution is 5.71. The van der Waals surface area contributed by atoms with Crippen LogP contribution >= 0.6 is 0 Å². The molecular formula is C16H21N5O2. The second kappa shape index (κ2) is 7.53. The number of esters is 1. The highest BCUT2D eigenvalue weighted by atomic mass is 16.5. The van der Waals surface area contributed by atoms with E-state index >= 15 is 0 Å². The zero-order valence-electron chi connectivity index (χ0n) is 13.5. The summed E-state index contributed by atoms with van der Waals surface area (Å²) in [6.07, 6.45) is 0.878. The first-order valence-corrected chi connectivity index (χ1v) is 7.51. The molecule has 0 saturated heterocycles. The van der Waals surface area contributed by atoms with Gasteiger partial charge in [0.15, 0.2) is 12.4 Å². The van der Waals surface area contributed by atoms with Gasteiger partial charge < -0.3 is 15.8 Å². The molecule has 1 aromatic heterocycles. The summed E-state index contributed by atoms with van der Waals surface area (Å²) in [6.45, 7) is 5.56. The highest BCUT2D eigenvalue weighted by Gasteiger charge is 2.11. The van der Waals surface area contributed by atoms with Crippen LogP contribution in [0.3, 0.4) is 0 Å². The zero-order valence-corrected chi connectivity index (χ0v) is 13.5. The number of anilines is 3. The number of aryl methyl sites for hydroxylation is 1. The van der Waals surface area contributed by atoms with Gasteiger partial charge in [-0.3, -0.25) is 4.79 Å². The van der Waals surface area contributed by atoms with Crippen molar-refractivity contribution in [2.75, 3.05) is 11.1 Å². The lowest BCUT2D eigenvalue weighted by Gasteiger charge is -2.11. The SMILES string of the molecule is CCc1ccccc1Nc1nc(N)nc(COC(=O)C(C)C)n1. The maximum Gasteiger partial charge on any atom is 0.308 e. The van der Waals surface area contributed by atoms with E-state index in [0.29, 0.717) is 11.8 Å². The molecule has 0 aliphatic rings. The number of nitrogens with zero attached hydrogens (tertiary/aromatic N) is 3. The van der Waals surface area contributed by atoms with Gasteiger partial charge in [-0.05, 0) is 18.1 Å². The van der Waals surface area contributed by atoms with Crippen LogP contribution in [0.4, 0.5) is 17.6 Å². The number of aromatic nitrogens is 3. The Bertz CT molecular complexity index is 688. The molecule has 0 fully saturated rings. The van der Waals surface area contributed by atoms with Gasteiger partial charge >= 0.3 is 5.97 Å². The molecule has 7 heteroatoms. The quantitative estimate of drug-likeness (QED) is 0.789. The predicted molar refractivity (Wildman–Crippen MR) is 88.0 cm³/mol. The first kappa shape index (κ1) is 16.7. The number of ether oxygens (including phenoxy) is 1. The summed E-state index contributed by atoms with van der Waals surface area (Å²) >= 11 is 0. The molecular weight excluding hydrogens is 294 g/mol. The van der Waals surface area contributed by atoms with Crippen molar-refractivity contribution in [1.29, 1.82) is 0 Å². The number of nitrogen functional groups attached to an aromatic ring is 1. The van der Waals surface area contributed by atoms with E-state index in [1.54, 1.807) is 13.8 Å². The van der Waals surface area contributed by atoms with Crippen molar-refractivity contribution in [1.82, 2.24) is 15.0 Å². The van der Waals surface area contributed by atoms with Crippen molar-refractivity contribution in [3.63, 3.8) is 0 Å². The molecule has 0 bridgehead atoms. The molecule has 1 aromatic carbocycles. The van der Waals surface area contributed by atoms with Crippen molar-refractivity contribution in [3.05, 3.63) is 35.7 Å². The number of para-hydroxylation sites is 1. The lowest BCUT2D eigenvalue weighted by atomic mass is 10.1. The molecule has 2 aromatic rings. The van der Waals surface area contributed by atoms with Crippen molar-refractivity contribution < 1.29 is 9.53 Å². The summed E-state index contributed by atoms with van der Waals surface area (Å²) < 4.78 is 5.12. The van der Waals surface area contributed by atoms with Crippen molar-refractivity contribution in [3.8, 4) is 0 Å². The molecule has 0 spiro atoms. The maximum absolute atomic E-state index is 11.5. The van der Waals surface area contributed by atoms with Crippen molar-refractivity contribution >= 4 is 23.6 Å². The van der Waals surface area contributed by atoms with Crippen LogP contribution in [0, 0.1) is 5.92 Å². The van der Waals surface area contributed by atoms with E-state index in [1.165, 1.54) is 0 Å². The molecule has 0 radical (unpaired) electrons. The molecule has 0 aliphatic carbocycles. The molecule has 0 saturated carbocycles. The first-order valence-electron chi connectivity index (χ1n) is 7.51. The van der Waals surface area contributed by atoms with Gasteiger partial charge in [-0.25, -0.2) is 0 Å². The largest absolute Gasteiger partial charge is 0.457 e. The van der Waals surface area contributed by atoms with E-state index in [4.69, 9.17) is 10.5 Å². The van der Waals surface area contributed by atoms with Crippen LogP contribution in [0.2, 0.25) is 0 Å². The third-order valence-electron chi connectivity index (χ3n) is 3.16. The van der Waals surface area contributed by atoms with E-state index in [-0.39, 0.29) is 24.4 Å². The number of carbonyl (C=O) groups excluding carboxylic acids is 1. The standard InChI is InChI=1S/C16H21N5O2/c1-4-11-7-5-6-8-12(11)18-16-20-13(19-15(17)21-16)9-23-14(22)10(2)3/h5-8,10H,4,9H2,1-3H3,(H3,17,18,19,20,21). The number of benzene rings is 1. The molecule has 0 atom stereocenters. The molecule has 0 amide bonds. The van der Waals surface area contributed by atoms with Gasteiger partial charge in [-0.2, -0.15) is 15.0 Å². The molecule has 122 valence electrons. The molecule has 0 aliphatic heterocycles. The molecule has 1 heterocycles. The molecule has 3 N–H and O–H groups in total. The minimum absolute atomic E-state index is 0.0339. The molecule has 7 nitrogen and oxygen atoms in total. The third-order valence-corrected chi connectivity index (χ3v) is 3.16. The van der Waals surface area contributed by atoms with E-state index < -0.39 is 0 Å². The van der Waals surface area contributed by atoms with Crippen LogP contribution < -0.4 is 11.1 Å². The number of nitrogens with one attached hydrogen (secondary N) is 1. The maximum atomic E-state index is 11.5. The van der Waals surface area contributed by atoms with Gasteiger partial charge in [0.1, 0.15) is 0 Å². The average Bonchev–Trinajstić information content (AvgIpc) is 2.52. The molecule has 23 heavy (non-hydrogen) atoms. The molecule has 0 unspecified atom stereocenters. The van der Waals surface area contributed by atoms with E-state index in [1.807, 2.05) is 24.3 Å². The summed E-state index contributed by atoms with van der Waals surface area (Å²) in [5, 5.41) is 3.13. The van der Waals surface area contributed by atoms with Crippen LogP contribution in [-0.2, 0) is 22.6 Å². The van der Waals surface area contributed by atoms with Gasteiger partial charge in [0.25, 0.3) is 0 Å². The monoisotopic (exact) mass is 315 g/mol. The van der Waals surface area contributed by atoms with Crippen molar-refractivity contribution in [2.45, 2.75) is 33.8 Å². The lowest BCUT2D eigenvalue weighted by molar-refractivity contribution is -0.148. The minimum Gasteiger partial charge on any atom is -0.457 e. The summed E-state index contributed by atoms with van der Waals surface area (Å²) in [5.41, 5.74) is 7.75. The fraction of sp³-hybridized carbons (Fsp3) is 0.375. The van der Waals surface area contributed by atoms with Crippen LogP contribution in [0.1, 0.15) is 32.2 Å². The topological polar surface area (TPSA) is 103 Å². The Morgan fingerprint density at radius 3 is 2.70 bits per heavy atom. The number of nitrogens with two attached hydrogens (primary N) is 1. The van der Waals surface area contributed by atoms with Crippen LogP contribution in [0.15, 0.2) is 24.3 Å².